The summed E-state index contributed by atoms with van der Waals surface area (Å²) in [5.41, 5.74) is 6.02. The first kappa shape index (κ1) is 12.9. The first-order chi connectivity index (χ1) is 9.29. The highest BCUT2D eigenvalue weighted by Crippen LogP contribution is 2.32. The van der Waals surface area contributed by atoms with Gasteiger partial charge in [0.1, 0.15) is 5.82 Å². The van der Waals surface area contributed by atoms with Crippen LogP contribution in [0.1, 0.15) is 32.6 Å². The number of hydrogen-bond acceptors (Lipinski definition) is 4. The molecule has 0 bridgehead atoms. The molecule has 1 saturated carbocycles. The summed E-state index contributed by atoms with van der Waals surface area (Å²) >= 11 is 1.79. The van der Waals surface area contributed by atoms with Crippen LogP contribution in [0, 0.1) is 0 Å². The summed E-state index contributed by atoms with van der Waals surface area (Å²) in [5, 5.41) is 3.45. The standard InChI is InChI=1S/C15H21N3S/c1-2-18(12-5-3-11(16)4-6-12)15-13-8-10-19-14(13)7-9-17-15/h7-12H,2-6,16H2,1H3. The molecule has 0 atom stereocenters. The van der Waals surface area contributed by atoms with Gasteiger partial charge in [0, 0.05) is 34.9 Å². The highest BCUT2D eigenvalue weighted by atomic mass is 32.1. The van der Waals surface area contributed by atoms with Gasteiger partial charge in [0.15, 0.2) is 0 Å². The number of aromatic nitrogens is 1. The highest BCUT2D eigenvalue weighted by molar-refractivity contribution is 7.17. The van der Waals surface area contributed by atoms with E-state index in [4.69, 9.17) is 5.73 Å². The lowest BCUT2D eigenvalue weighted by Gasteiger charge is -2.36. The van der Waals surface area contributed by atoms with Crippen LogP contribution in [0.5, 0.6) is 0 Å². The van der Waals surface area contributed by atoms with Crippen LogP contribution in [-0.4, -0.2) is 23.6 Å². The van der Waals surface area contributed by atoms with E-state index in [0.717, 1.165) is 25.2 Å². The Hall–Kier alpha value is -1.13. The molecule has 1 aliphatic carbocycles. The zero-order valence-corrected chi connectivity index (χ0v) is 12.2. The molecule has 2 aromatic rings. The van der Waals surface area contributed by atoms with Crippen molar-refractivity contribution in [2.45, 2.75) is 44.7 Å². The summed E-state index contributed by atoms with van der Waals surface area (Å²) in [7, 11) is 0. The molecule has 1 fully saturated rings. The number of nitrogens with zero attached hydrogens (tertiary/aromatic N) is 2. The van der Waals surface area contributed by atoms with Crippen molar-refractivity contribution in [3.63, 3.8) is 0 Å². The predicted octanol–water partition coefficient (Wildman–Crippen LogP) is 3.39. The summed E-state index contributed by atoms with van der Waals surface area (Å²) in [6, 6.07) is 5.30. The zero-order valence-electron chi connectivity index (χ0n) is 11.4. The lowest BCUT2D eigenvalue weighted by atomic mass is 9.90. The van der Waals surface area contributed by atoms with E-state index in [1.54, 1.807) is 11.3 Å². The fourth-order valence-electron chi connectivity index (χ4n) is 3.10. The van der Waals surface area contributed by atoms with E-state index in [-0.39, 0.29) is 0 Å². The van der Waals surface area contributed by atoms with Crippen LogP contribution < -0.4 is 10.6 Å². The van der Waals surface area contributed by atoms with Gasteiger partial charge in [-0.3, -0.25) is 0 Å². The van der Waals surface area contributed by atoms with Crippen molar-refractivity contribution in [3.05, 3.63) is 23.7 Å². The largest absolute Gasteiger partial charge is 0.353 e. The Bertz CT molecular complexity index is 543. The van der Waals surface area contributed by atoms with Crippen LogP contribution in [0.4, 0.5) is 5.82 Å². The maximum Gasteiger partial charge on any atom is 0.137 e. The summed E-state index contributed by atoms with van der Waals surface area (Å²) < 4.78 is 1.33. The van der Waals surface area contributed by atoms with E-state index in [2.05, 4.69) is 34.3 Å². The lowest BCUT2D eigenvalue weighted by molar-refractivity contribution is 0.377. The third-order valence-electron chi connectivity index (χ3n) is 4.15. The van der Waals surface area contributed by atoms with Crippen LogP contribution in [0.25, 0.3) is 10.1 Å². The molecule has 3 nitrogen and oxygen atoms in total. The molecule has 2 N–H and O–H groups in total. The topological polar surface area (TPSA) is 42.2 Å². The Morgan fingerprint density at radius 2 is 2.11 bits per heavy atom. The van der Waals surface area contributed by atoms with E-state index in [1.807, 2.05) is 6.20 Å². The molecular weight excluding hydrogens is 254 g/mol. The van der Waals surface area contributed by atoms with Crippen molar-refractivity contribution in [2.24, 2.45) is 5.73 Å². The number of pyridine rings is 1. The first-order valence-corrected chi connectivity index (χ1v) is 8.02. The molecule has 0 unspecified atom stereocenters. The van der Waals surface area contributed by atoms with Crippen LogP contribution >= 0.6 is 11.3 Å². The van der Waals surface area contributed by atoms with Gasteiger partial charge < -0.3 is 10.6 Å². The minimum absolute atomic E-state index is 0.403. The molecule has 2 heterocycles. The van der Waals surface area contributed by atoms with Crippen molar-refractivity contribution < 1.29 is 0 Å². The molecule has 3 rings (SSSR count). The van der Waals surface area contributed by atoms with Crippen LogP contribution in [0.15, 0.2) is 23.7 Å². The Balaban J connectivity index is 1.91. The number of hydrogen-bond donors (Lipinski definition) is 1. The van der Waals surface area contributed by atoms with Gasteiger partial charge >= 0.3 is 0 Å². The van der Waals surface area contributed by atoms with Gasteiger partial charge in [0.25, 0.3) is 0 Å². The normalized spacial score (nSPS) is 23.7. The summed E-state index contributed by atoms with van der Waals surface area (Å²) in [6.07, 6.45) is 6.60. The minimum Gasteiger partial charge on any atom is -0.353 e. The quantitative estimate of drug-likeness (QED) is 0.933. The van der Waals surface area contributed by atoms with Gasteiger partial charge in [0.05, 0.1) is 0 Å². The first-order valence-electron chi connectivity index (χ1n) is 7.14. The fourth-order valence-corrected chi connectivity index (χ4v) is 3.88. The van der Waals surface area contributed by atoms with Gasteiger partial charge in [-0.1, -0.05) is 0 Å². The minimum atomic E-state index is 0.403. The second-order valence-electron chi connectivity index (χ2n) is 5.32. The van der Waals surface area contributed by atoms with Gasteiger partial charge in [0.2, 0.25) is 0 Å². The predicted molar refractivity (Wildman–Crippen MR) is 82.9 cm³/mol. The lowest BCUT2D eigenvalue weighted by Crippen LogP contribution is -2.41. The molecule has 102 valence electrons. The van der Waals surface area contributed by atoms with Crippen LogP contribution in [0.3, 0.4) is 0 Å². The molecule has 0 amide bonds. The number of anilines is 1. The van der Waals surface area contributed by atoms with Crippen molar-refractivity contribution in [1.29, 1.82) is 0 Å². The van der Waals surface area contributed by atoms with Gasteiger partial charge in [-0.25, -0.2) is 4.98 Å². The van der Waals surface area contributed by atoms with E-state index in [9.17, 15) is 0 Å². The maximum absolute atomic E-state index is 6.02. The fraction of sp³-hybridized carbons (Fsp3) is 0.533. The van der Waals surface area contributed by atoms with Crippen LogP contribution in [-0.2, 0) is 0 Å². The second-order valence-corrected chi connectivity index (χ2v) is 6.27. The van der Waals surface area contributed by atoms with Gasteiger partial charge in [-0.2, -0.15) is 0 Å². The Kier molecular flexibility index (Phi) is 3.71. The highest BCUT2D eigenvalue weighted by Gasteiger charge is 2.25. The van der Waals surface area contributed by atoms with E-state index in [0.29, 0.717) is 12.1 Å². The summed E-state index contributed by atoms with van der Waals surface area (Å²) in [6.45, 7) is 3.24. The molecule has 0 radical (unpaired) electrons. The molecular formula is C15H21N3S. The Labute approximate surface area is 118 Å². The third-order valence-corrected chi connectivity index (χ3v) is 5.04. The molecule has 4 heteroatoms. The van der Waals surface area contributed by atoms with Crippen molar-refractivity contribution >= 4 is 27.2 Å². The monoisotopic (exact) mass is 275 g/mol. The average Bonchev–Trinajstić information content (AvgIpc) is 2.91. The van der Waals surface area contributed by atoms with Gasteiger partial charge in [-0.15, -0.1) is 11.3 Å². The van der Waals surface area contributed by atoms with Crippen molar-refractivity contribution in [3.8, 4) is 0 Å². The van der Waals surface area contributed by atoms with Crippen LogP contribution in [0.2, 0.25) is 0 Å². The third kappa shape index (κ3) is 2.47. The van der Waals surface area contributed by atoms with E-state index in [1.165, 1.54) is 22.9 Å². The number of fused-ring (bicyclic) bond motifs is 1. The molecule has 0 spiro atoms. The Morgan fingerprint density at radius 3 is 2.84 bits per heavy atom. The molecule has 19 heavy (non-hydrogen) atoms. The van der Waals surface area contributed by atoms with Crippen molar-refractivity contribution in [2.75, 3.05) is 11.4 Å². The molecule has 0 aliphatic heterocycles. The van der Waals surface area contributed by atoms with E-state index >= 15 is 0 Å². The molecule has 2 aromatic heterocycles. The second kappa shape index (κ2) is 5.47. The van der Waals surface area contributed by atoms with E-state index < -0.39 is 0 Å². The number of nitrogens with two attached hydrogens (primary N) is 1. The molecule has 0 saturated heterocycles. The smallest absolute Gasteiger partial charge is 0.137 e. The zero-order chi connectivity index (χ0) is 13.2. The maximum atomic E-state index is 6.02. The van der Waals surface area contributed by atoms with Crippen molar-refractivity contribution in [1.82, 2.24) is 4.98 Å². The molecule has 0 aromatic carbocycles. The number of rotatable bonds is 3. The SMILES string of the molecule is CCN(c1nccc2sccc12)C1CCC(N)CC1. The Morgan fingerprint density at radius 1 is 1.32 bits per heavy atom. The van der Waals surface area contributed by atoms with Gasteiger partial charge in [-0.05, 0) is 50.1 Å². The summed E-state index contributed by atoms with van der Waals surface area (Å²) in [5.74, 6) is 1.15. The molecule has 1 aliphatic rings. The summed E-state index contributed by atoms with van der Waals surface area (Å²) in [4.78, 5) is 7.12. The number of thiophene rings is 1. The average molecular weight is 275 g/mol.